The molecular formula is C43H66O5. The molecule has 1 aliphatic rings. The minimum Gasteiger partial charge on any atom is -0.507 e. The maximum atomic E-state index is 13.1. The summed E-state index contributed by atoms with van der Waals surface area (Å²) in [5, 5.41) is 21.0. The standard InChI is InChI=1S/C43H66O5/c1-3-4-5-6-7-8-9-10-11-12-13-14-15-16-17-18-19-20-21-22-23-24-25-26-27-31-39(46)48-43-35-29-28-30-37(44)40(35)42(47)41-36(43)32-34(2)33-38(41)45/h28-30,32-33,43-45H,3-27,31H2,1-2H3/t43-/m1/s1. The van der Waals surface area contributed by atoms with Gasteiger partial charge in [0.15, 0.2) is 6.10 Å². The molecule has 0 spiro atoms. The van der Waals surface area contributed by atoms with Crippen molar-refractivity contribution in [3.05, 3.63) is 58.1 Å². The third-order valence-corrected chi connectivity index (χ3v) is 10.1. The van der Waals surface area contributed by atoms with E-state index in [9.17, 15) is 19.8 Å². The molecule has 2 N–H and O–H groups in total. The maximum absolute atomic E-state index is 13.1. The predicted octanol–water partition coefficient (Wildman–Crippen LogP) is 12.7. The van der Waals surface area contributed by atoms with E-state index in [1.165, 1.54) is 153 Å². The van der Waals surface area contributed by atoms with Crippen molar-refractivity contribution in [3.8, 4) is 11.5 Å². The molecule has 0 aromatic heterocycles. The minimum atomic E-state index is -0.836. The lowest BCUT2D eigenvalue weighted by Crippen LogP contribution is -2.24. The first-order valence-corrected chi connectivity index (χ1v) is 19.8. The molecule has 0 saturated heterocycles. The second-order valence-electron chi connectivity index (χ2n) is 14.4. The molecular weight excluding hydrogens is 596 g/mol. The molecule has 0 fully saturated rings. The number of rotatable bonds is 27. The lowest BCUT2D eigenvalue weighted by Gasteiger charge is -2.28. The van der Waals surface area contributed by atoms with Gasteiger partial charge in [-0.1, -0.05) is 179 Å². The molecule has 0 bridgehead atoms. The van der Waals surface area contributed by atoms with Crippen molar-refractivity contribution in [1.29, 1.82) is 0 Å². The van der Waals surface area contributed by atoms with Crippen LogP contribution in [0.15, 0.2) is 30.3 Å². The van der Waals surface area contributed by atoms with E-state index < -0.39 is 11.9 Å². The van der Waals surface area contributed by atoms with Crippen molar-refractivity contribution in [3.63, 3.8) is 0 Å². The van der Waals surface area contributed by atoms with Crippen LogP contribution < -0.4 is 0 Å². The number of phenolic OH excluding ortho intramolecular Hbond substituents is 2. The van der Waals surface area contributed by atoms with Gasteiger partial charge < -0.3 is 14.9 Å². The Morgan fingerprint density at radius 2 is 1.00 bits per heavy atom. The average Bonchev–Trinajstić information content (AvgIpc) is 3.06. The number of esters is 1. The third-order valence-electron chi connectivity index (χ3n) is 10.1. The zero-order valence-electron chi connectivity index (χ0n) is 30.5. The van der Waals surface area contributed by atoms with Gasteiger partial charge in [-0.05, 0) is 31.0 Å². The van der Waals surface area contributed by atoms with Crippen LogP contribution in [-0.4, -0.2) is 22.0 Å². The highest BCUT2D eigenvalue weighted by Gasteiger charge is 2.37. The number of ether oxygens (including phenoxy) is 1. The SMILES string of the molecule is CCCCCCCCCCCCCCCCCCCCCCCCCCCC(=O)O[C@@H]1c2cccc(O)c2C(=O)c2c(O)cc(C)cc21. The van der Waals surface area contributed by atoms with Crippen LogP contribution in [0.1, 0.15) is 213 Å². The molecule has 0 radical (unpaired) electrons. The molecule has 0 aliphatic heterocycles. The number of aromatic hydroxyl groups is 2. The van der Waals surface area contributed by atoms with E-state index in [1.807, 2.05) is 6.92 Å². The molecule has 48 heavy (non-hydrogen) atoms. The Hall–Kier alpha value is -2.82. The fraction of sp³-hybridized carbons (Fsp3) is 0.674. The average molecular weight is 663 g/mol. The van der Waals surface area contributed by atoms with E-state index in [2.05, 4.69) is 6.92 Å². The van der Waals surface area contributed by atoms with Gasteiger partial charge in [0.2, 0.25) is 5.78 Å². The van der Waals surface area contributed by atoms with Crippen LogP contribution in [0.25, 0.3) is 0 Å². The largest absolute Gasteiger partial charge is 0.507 e. The van der Waals surface area contributed by atoms with Gasteiger partial charge in [0, 0.05) is 17.5 Å². The number of hydrogen-bond donors (Lipinski definition) is 2. The Morgan fingerprint density at radius 1 is 0.583 bits per heavy atom. The first kappa shape index (κ1) is 39.6. The highest BCUT2D eigenvalue weighted by Crippen LogP contribution is 2.44. The summed E-state index contributed by atoms with van der Waals surface area (Å²) < 4.78 is 5.90. The van der Waals surface area contributed by atoms with Gasteiger partial charge in [-0.25, -0.2) is 0 Å². The molecule has 0 heterocycles. The Morgan fingerprint density at radius 3 is 1.46 bits per heavy atom. The first-order chi connectivity index (χ1) is 23.4. The van der Waals surface area contributed by atoms with Crippen molar-refractivity contribution >= 4 is 11.8 Å². The minimum absolute atomic E-state index is 0.0898. The van der Waals surface area contributed by atoms with Crippen LogP contribution in [0.2, 0.25) is 0 Å². The summed E-state index contributed by atoms with van der Waals surface area (Å²) >= 11 is 0. The van der Waals surface area contributed by atoms with Crippen molar-refractivity contribution in [2.45, 2.75) is 187 Å². The third kappa shape index (κ3) is 14.0. The summed E-state index contributed by atoms with van der Waals surface area (Å²) in [6.45, 7) is 4.11. The molecule has 2 aromatic carbocycles. The van der Waals surface area contributed by atoms with Gasteiger partial charge in [0.05, 0.1) is 11.1 Å². The summed E-state index contributed by atoms with van der Waals surface area (Å²) in [6.07, 6.45) is 33.0. The monoisotopic (exact) mass is 662 g/mol. The second-order valence-corrected chi connectivity index (χ2v) is 14.4. The highest BCUT2D eigenvalue weighted by atomic mass is 16.5. The molecule has 3 rings (SSSR count). The first-order valence-electron chi connectivity index (χ1n) is 19.8. The van der Waals surface area contributed by atoms with Crippen LogP contribution in [0.5, 0.6) is 11.5 Å². The molecule has 5 heteroatoms. The van der Waals surface area contributed by atoms with Crippen molar-refractivity contribution in [1.82, 2.24) is 0 Å². The second kappa shape index (κ2) is 23.5. The molecule has 0 saturated carbocycles. The van der Waals surface area contributed by atoms with E-state index in [0.717, 1.165) is 24.8 Å². The van der Waals surface area contributed by atoms with Crippen LogP contribution in [0.4, 0.5) is 0 Å². The number of benzene rings is 2. The van der Waals surface area contributed by atoms with E-state index in [-0.39, 0.29) is 28.6 Å². The quantitative estimate of drug-likeness (QED) is 0.0734. The van der Waals surface area contributed by atoms with E-state index in [0.29, 0.717) is 17.5 Å². The normalized spacial score (nSPS) is 13.8. The number of aryl methyl sites for hydroxylation is 1. The van der Waals surface area contributed by atoms with Crippen molar-refractivity contribution in [2.75, 3.05) is 0 Å². The summed E-state index contributed by atoms with van der Waals surface area (Å²) in [6, 6.07) is 8.08. The number of hydrogen-bond acceptors (Lipinski definition) is 5. The zero-order valence-corrected chi connectivity index (χ0v) is 30.5. The van der Waals surface area contributed by atoms with Gasteiger partial charge in [0.1, 0.15) is 11.5 Å². The maximum Gasteiger partial charge on any atom is 0.306 e. The number of carbonyl (C=O) groups is 2. The van der Waals surface area contributed by atoms with Crippen LogP contribution in [-0.2, 0) is 9.53 Å². The van der Waals surface area contributed by atoms with Gasteiger partial charge in [-0.15, -0.1) is 0 Å². The van der Waals surface area contributed by atoms with Gasteiger partial charge in [-0.2, -0.15) is 0 Å². The Bertz CT molecular complexity index is 1220. The molecule has 1 atom stereocenters. The Labute approximate surface area is 292 Å². The molecule has 268 valence electrons. The van der Waals surface area contributed by atoms with Crippen molar-refractivity contribution in [2.24, 2.45) is 0 Å². The predicted molar refractivity (Wildman–Crippen MR) is 198 cm³/mol. The number of fused-ring (bicyclic) bond motifs is 2. The van der Waals surface area contributed by atoms with Gasteiger partial charge >= 0.3 is 5.97 Å². The van der Waals surface area contributed by atoms with E-state index >= 15 is 0 Å². The summed E-state index contributed by atoms with van der Waals surface area (Å²) in [7, 11) is 0. The van der Waals surface area contributed by atoms with Crippen LogP contribution in [0.3, 0.4) is 0 Å². The van der Waals surface area contributed by atoms with Gasteiger partial charge in [-0.3, -0.25) is 9.59 Å². The van der Waals surface area contributed by atoms with Gasteiger partial charge in [0.25, 0.3) is 0 Å². The van der Waals surface area contributed by atoms with Crippen molar-refractivity contribution < 1.29 is 24.5 Å². The molecule has 1 aliphatic carbocycles. The van der Waals surface area contributed by atoms with E-state index in [4.69, 9.17) is 4.74 Å². The smallest absolute Gasteiger partial charge is 0.306 e. The lowest BCUT2D eigenvalue weighted by atomic mass is 9.81. The molecule has 2 aromatic rings. The number of ketones is 1. The van der Waals surface area contributed by atoms with E-state index in [1.54, 1.807) is 18.2 Å². The lowest BCUT2D eigenvalue weighted by molar-refractivity contribution is -0.147. The molecule has 0 unspecified atom stereocenters. The zero-order chi connectivity index (χ0) is 34.4. The Kier molecular flexibility index (Phi) is 19.4. The summed E-state index contributed by atoms with van der Waals surface area (Å²) in [5.41, 5.74) is 1.88. The summed E-state index contributed by atoms with van der Waals surface area (Å²) in [4.78, 5) is 26.0. The fourth-order valence-corrected chi connectivity index (χ4v) is 7.29. The van der Waals surface area contributed by atoms with Crippen LogP contribution >= 0.6 is 0 Å². The molecule has 5 nitrogen and oxygen atoms in total. The summed E-state index contributed by atoms with van der Waals surface area (Å²) in [5.74, 6) is -1.12. The van der Waals surface area contributed by atoms with Crippen LogP contribution in [0, 0.1) is 6.92 Å². The topological polar surface area (TPSA) is 83.8 Å². The number of unbranched alkanes of at least 4 members (excludes halogenated alkanes) is 24. The number of carbonyl (C=O) groups excluding carboxylic acids is 2. The Balaban J connectivity index is 1.14. The number of phenols is 2. The highest BCUT2D eigenvalue weighted by molar-refractivity contribution is 6.15. The molecule has 0 amide bonds. The fourth-order valence-electron chi connectivity index (χ4n) is 7.29.